The topological polar surface area (TPSA) is 115 Å². The molecule has 0 aliphatic rings. The van der Waals surface area contributed by atoms with E-state index in [1.807, 2.05) is 30.3 Å². The van der Waals surface area contributed by atoms with E-state index >= 15 is 0 Å². The number of nitrogens with zero attached hydrogens (tertiary/aromatic N) is 2. The highest BCUT2D eigenvalue weighted by Gasteiger charge is 2.11. The fourth-order valence-corrected chi connectivity index (χ4v) is 2.70. The van der Waals surface area contributed by atoms with E-state index in [1.54, 1.807) is 6.07 Å². The molecule has 0 spiro atoms. The summed E-state index contributed by atoms with van der Waals surface area (Å²) in [6, 6.07) is 15.1. The number of amides is 1. The van der Waals surface area contributed by atoms with E-state index in [2.05, 4.69) is 15.3 Å². The summed E-state index contributed by atoms with van der Waals surface area (Å²) in [7, 11) is -3.84. The largest absolute Gasteiger partial charge is 0.322 e. The van der Waals surface area contributed by atoms with E-state index in [9.17, 15) is 13.2 Å². The highest BCUT2D eigenvalue weighted by Crippen LogP contribution is 2.16. The number of hydrogen-bond donors (Lipinski definition) is 2. The maximum Gasteiger partial charge on any atom is 0.258 e. The van der Waals surface area contributed by atoms with Gasteiger partial charge in [-0.15, -0.1) is 0 Å². The molecule has 8 heteroatoms. The van der Waals surface area contributed by atoms with Crippen LogP contribution >= 0.6 is 0 Å². The molecule has 25 heavy (non-hydrogen) atoms. The van der Waals surface area contributed by atoms with E-state index in [0.29, 0.717) is 11.5 Å². The van der Waals surface area contributed by atoms with Gasteiger partial charge in [-0.3, -0.25) is 4.79 Å². The summed E-state index contributed by atoms with van der Waals surface area (Å²) in [6.45, 7) is 0. The average molecular weight is 354 g/mol. The summed E-state index contributed by atoms with van der Waals surface area (Å²) < 4.78 is 22.7. The molecule has 0 saturated carbocycles. The number of rotatable bonds is 4. The zero-order chi connectivity index (χ0) is 17.9. The van der Waals surface area contributed by atoms with E-state index in [0.717, 1.165) is 5.56 Å². The fraction of sp³-hybridized carbons (Fsp3) is 0. The van der Waals surface area contributed by atoms with Crippen molar-refractivity contribution in [3.63, 3.8) is 0 Å². The number of nitrogens with two attached hydrogens (primary N) is 1. The van der Waals surface area contributed by atoms with Crippen molar-refractivity contribution in [3.8, 4) is 11.4 Å². The van der Waals surface area contributed by atoms with Gasteiger partial charge in [0.2, 0.25) is 10.0 Å². The van der Waals surface area contributed by atoms with Crippen LogP contribution in [0, 0.1) is 0 Å². The summed E-state index contributed by atoms with van der Waals surface area (Å²) in [5, 5.41) is 7.67. The molecule has 3 rings (SSSR count). The Morgan fingerprint density at radius 1 is 0.960 bits per heavy atom. The molecular formula is C17H14N4O3S. The molecule has 3 N–H and O–H groups in total. The van der Waals surface area contributed by atoms with Crippen molar-refractivity contribution < 1.29 is 13.2 Å². The second-order valence-corrected chi connectivity index (χ2v) is 6.75. The maximum atomic E-state index is 12.3. The van der Waals surface area contributed by atoms with Crippen LogP contribution < -0.4 is 10.5 Å². The van der Waals surface area contributed by atoms with Crippen LogP contribution in [-0.2, 0) is 10.0 Å². The van der Waals surface area contributed by atoms with Crippen molar-refractivity contribution in [2.75, 3.05) is 5.32 Å². The van der Waals surface area contributed by atoms with Gasteiger partial charge in [-0.1, -0.05) is 36.4 Å². The Hall–Kier alpha value is -3.10. The second kappa shape index (κ2) is 6.80. The van der Waals surface area contributed by atoms with Gasteiger partial charge in [-0.25, -0.2) is 23.5 Å². The first-order chi connectivity index (χ1) is 11.9. The van der Waals surface area contributed by atoms with Gasteiger partial charge < -0.3 is 5.32 Å². The predicted molar refractivity (Wildman–Crippen MR) is 93.2 cm³/mol. The van der Waals surface area contributed by atoms with Crippen LogP contribution in [0.25, 0.3) is 11.4 Å². The highest BCUT2D eigenvalue weighted by atomic mass is 32.2. The quantitative estimate of drug-likeness (QED) is 0.744. The lowest BCUT2D eigenvalue weighted by Crippen LogP contribution is -2.15. The first-order valence-electron chi connectivity index (χ1n) is 7.25. The van der Waals surface area contributed by atoms with Crippen LogP contribution in [0.4, 0.5) is 5.69 Å². The minimum absolute atomic E-state index is 0.0824. The number of hydrogen-bond acceptors (Lipinski definition) is 5. The molecule has 0 aliphatic heterocycles. The van der Waals surface area contributed by atoms with Crippen molar-refractivity contribution in [3.05, 3.63) is 72.6 Å². The van der Waals surface area contributed by atoms with Gasteiger partial charge in [-0.05, 0) is 18.2 Å². The van der Waals surface area contributed by atoms with Crippen molar-refractivity contribution in [2.45, 2.75) is 4.90 Å². The molecule has 1 aromatic heterocycles. The maximum absolute atomic E-state index is 12.3. The van der Waals surface area contributed by atoms with Gasteiger partial charge in [-0.2, -0.15) is 0 Å². The Balaban J connectivity index is 1.78. The molecule has 0 saturated heterocycles. The molecule has 3 aromatic rings. The van der Waals surface area contributed by atoms with Crippen molar-refractivity contribution in [2.24, 2.45) is 5.14 Å². The molecule has 1 heterocycles. The van der Waals surface area contributed by atoms with Crippen LogP contribution in [0.1, 0.15) is 10.4 Å². The number of sulfonamides is 1. The van der Waals surface area contributed by atoms with Crippen molar-refractivity contribution >= 4 is 21.6 Å². The fourth-order valence-electron chi connectivity index (χ4n) is 2.14. The van der Waals surface area contributed by atoms with Crippen LogP contribution in [0.15, 0.2) is 71.9 Å². The Bertz CT molecular complexity index is 1000. The van der Waals surface area contributed by atoms with Gasteiger partial charge in [0.15, 0.2) is 5.82 Å². The van der Waals surface area contributed by atoms with Gasteiger partial charge in [0.05, 0.1) is 10.5 Å². The van der Waals surface area contributed by atoms with Gasteiger partial charge in [0, 0.05) is 23.6 Å². The molecule has 2 aromatic carbocycles. The molecule has 0 radical (unpaired) electrons. The number of carbonyl (C=O) groups excluding carboxylic acids is 1. The molecule has 0 bridgehead atoms. The third-order valence-electron chi connectivity index (χ3n) is 3.37. The van der Waals surface area contributed by atoms with Gasteiger partial charge >= 0.3 is 0 Å². The lowest BCUT2D eigenvalue weighted by Gasteiger charge is -2.07. The van der Waals surface area contributed by atoms with Gasteiger partial charge in [0.25, 0.3) is 5.91 Å². The molecule has 0 atom stereocenters. The number of primary sulfonamides is 1. The third-order valence-corrected chi connectivity index (χ3v) is 4.28. The number of benzene rings is 2. The third kappa shape index (κ3) is 4.06. The first-order valence-corrected chi connectivity index (χ1v) is 8.80. The molecule has 126 valence electrons. The minimum Gasteiger partial charge on any atom is -0.322 e. The Morgan fingerprint density at radius 3 is 2.28 bits per heavy atom. The standard InChI is InChI=1S/C17H14N4O3S/c18-25(23,24)15-8-4-7-14(9-15)21-17(22)13-10-19-16(20-11-13)12-5-2-1-3-6-12/h1-11H,(H,21,22)(H2,18,23,24). The summed E-state index contributed by atoms with van der Waals surface area (Å²) in [4.78, 5) is 20.5. The monoisotopic (exact) mass is 354 g/mol. The summed E-state index contributed by atoms with van der Waals surface area (Å²) in [5.74, 6) is 0.0551. The zero-order valence-corrected chi connectivity index (χ0v) is 13.8. The molecule has 0 unspecified atom stereocenters. The predicted octanol–water partition coefficient (Wildman–Crippen LogP) is 2.04. The SMILES string of the molecule is NS(=O)(=O)c1cccc(NC(=O)c2cnc(-c3ccccc3)nc2)c1. The van der Waals surface area contributed by atoms with Crippen LogP contribution in [-0.4, -0.2) is 24.3 Å². The lowest BCUT2D eigenvalue weighted by molar-refractivity contribution is 0.102. The Labute approximate surface area is 144 Å². The molecular weight excluding hydrogens is 340 g/mol. The van der Waals surface area contributed by atoms with Crippen LogP contribution in [0.3, 0.4) is 0 Å². The molecule has 1 amide bonds. The molecule has 0 aliphatic carbocycles. The summed E-state index contributed by atoms with van der Waals surface area (Å²) in [5.41, 5.74) is 1.40. The zero-order valence-electron chi connectivity index (χ0n) is 13.0. The Kier molecular flexibility index (Phi) is 4.55. The van der Waals surface area contributed by atoms with E-state index in [1.165, 1.54) is 30.6 Å². The highest BCUT2D eigenvalue weighted by molar-refractivity contribution is 7.89. The Morgan fingerprint density at radius 2 is 1.64 bits per heavy atom. The first kappa shape index (κ1) is 16.7. The minimum atomic E-state index is -3.84. The number of carbonyl (C=O) groups is 1. The number of anilines is 1. The molecule has 0 fully saturated rings. The van der Waals surface area contributed by atoms with E-state index in [-0.39, 0.29) is 10.5 Å². The van der Waals surface area contributed by atoms with E-state index in [4.69, 9.17) is 5.14 Å². The van der Waals surface area contributed by atoms with Crippen molar-refractivity contribution in [1.29, 1.82) is 0 Å². The summed E-state index contributed by atoms with van der Waals surface area (Å²) >= 11 is 0. The smallest absolute Gasteiger partial charge is 0.258 e. The van der Waals surface area contributed by atoms with Crippen LogP contribution in [0.5, 0.6) is 0 Å². The lowest BCUT2D eigenvalue weighted by atomic mass is 10.2. The number of aromatic nitrogens is 2. The van der Waals surface area contributed by atoms with E-state index < -0.39 is 15.9 Å². The van der Waals surface area contributed by atoms with Crippen LogP contribution in [0.2, 0.25) is 0 Å². The average Bonchev–Trinajstić information content (AvgIpc) is 2.62. The van der Waals surface area contributed by atoms with Crippen molar-refractivity contribution in [1.82, 2.24) is 9.97 Å². The number of nitrogens with one attached hydrogen (secondary N) is 1. The van der Waals surface area contributed by atoms with Gasteiger partial charge in [0.1, 0.15) is 0 Å². The second-order valence-electron chi connectivity index (χ2n) is 5.19. The summed E-state index contributed by atoms with van der Waals surface area (Å²) in [6.07, 6.45) is 2.82. The molecule has 7 nitrogen and oxygen atoms in total. The normalized spacial score (nSPS) is 11.1.